The fraction of sp³-hybridized carbons (Fsp3) is 0.357. The lowest BCUT2D eigenvalue weighted by molar-refractivity contribution is -0.143. The molecule has 0 spiro atoms. The molecule has 0 heterocycles. The van der Waals surface area contributed by atoms with Crippen LogP contribution in [0.25, 0.3) is 0 Å². The maximum absolute atomic E-state index is 13.4. The van der Waals surface area contributed by atoms with Crippen LogP contribution in [0.1, 0.15) is 30.9 Å². The van der Waals surface area contributed by atoms with Gasteiger partial charge < -0.3 is 37.2 Å². The van der Waals surface area contributed by atoms with Crippen molar-refractivity contribution in [3.63, 3.8) is 0 Å². The van der Waals surface area contributed by atoms with Crippen LogP contribution >= 0.6 is 0 Å². The zero-order valence-corrected chi connectivity index (χ0v) is 22.5. The van der Waals surface area contributed by atoms with Crippen LogP contribution in [-0.2, 0) is 41.6 Å². The van der Waals surface area contributed by atoms with E-state index >= 15 is 0 Å². The van der Waals surface area contributed by atoms with Crippen LogP contribution in [0, 0.1) is 0 Å². The lowest BCUT2D eigenvalue weighted by Gasteiger charge is -2.24. The van der Waals surface area contributed by atoms with Gasteiger partial charge in [0.05, 0.1) is 12.6 Å². The highest BCUT2D eigenvalue weighted by Gasteiger charge is 2.28. The van der Waals surface area contributed by atoms with Gasteiger partial charge in [-0.25, -0.2) is 4.79 Å². The zero-order chi connectivity index (χ0) is 30.4. The number of carbonyl (C=O) groups is 6. The third kappa shape index (κ3) is 11.9. The molecule has 13 nitrogen and oxygen atoms in total. The minimum atomic E-state index is -1.46. The number of carboxylic acids is 2. The molecule has 0 bridgehead atoms. The molecule has 2 rings (SSSR count). The van der Waals surface area contributed by atoms with Gasteiger partial charge in [0.15, 0.2) is 0 Å². The topological polar surface area (TPSA) is 217 Å². The van der Waals surface area contributed by atoms with Crippen molar-refractivity contribution < 1.29 is 39.0 Å². The number of carboxylic acid groups (broad SMARTS) is 2. The summed E-state index contributed by atoms with van der Waals surface area (Å²) in [5.74, 6) is -5.43. The van der Waals surface area contributed by atoms with Crippen molar-refractivity contribution in [1.82, 2.24) is 21.3 Å². The standard InChI is InChI=1S/C28H35N5O8/c1-17(29)25(37)32-22(15-19-10-6-3-7-11-19)27(39)33-21(14-18-8-4-2-5-9-18)26(38)30-16-23(34)31-20(28(40)41)12-13-24(35)36/h2-11,17,20-22H,12-16,29H2,1H3,(H,30,38)(H,31,34)(H,32,37)(H,33,39)(H,35,36)(H,40,41)/t17-,20-,21-,22-/m0/s1. The summed E-state index contributed by atoms with van der Waals surface area (Å²) in [6, 6.07) is 13.2. The molecule has 0 aromatic heterocycles. The first-order chi connectivity index (χ1) is 19.5. The van der Waals surface area contributed by atoms with E-state index in [4.69, 9.17) is 10.8 Å². The Morgan fingerprint density at radius 2 is 1.20 bits per heavy atom. The molecule has 8 N–H and O–H groups in total. The normalized spacial score (nSPS) is 13.5. The first-order valence-electron chi connectivity index (χ1n) is 12.9. The number of amides is 4. The highest BCUT2D eigenvalue weighted by molar-refractivity contribution is 5.94. The number of rotatable bonds is 16. The van der Waals surface area contributed by atoms with Gasteiger partial charge in [-0.3, -0.25) is 24.0 Å². The molecule has 0 unspecified atom stereocenters. The van der Waals surface area contributed by atoms with Crippen molar-refractivity contribution in [2.24, 2.45) is 5.73 Å². The predicted octanol–water partition coefficient (Wildman–Crippen LogP) is -0.661. The zero-order valence-electron chi connectivity index (χ0n) is 22.5. The minimum Gasteiger partial charge on any atom is -0.481 e. The smallest absolute Gasteiger partial charge is 0.326 e. The Hall–Kier alpha value is -4.78. The quantitative estimate of drug-likeness (QED) is 0.136. The molecule has 13 heteroatoms. The number of aliphatic carboxylic acids is 2. The largest absolute Gasteiger partial charge is 0.481 e. The average Bonchev–Trinajstić information content (AvgIpc) is 2.93. The van der Waals surface area contributed by atoms with Crippen LogP contribution in [0.3, 0.4) is 0 Å². The molecule has 0 aliphatic heterocycles. The van der Waals surface area contributed by atoms with Crippen LogP contribution in [0.4, 0.5) is 0 Å². The van der Waals surface area contributed by atoms with Crippen LogP contribution in [0.5, 0.6) is 0 Å². The second kappa shape index (κ2) is 16.4. The van der Waals surface area contributed by atoms with Gasteiger partial charge in [0.25, 0.3) is 0 Å². The van der Waals surface area contributed by atoms with Gasteiger partial charge in [0.2, 0.25) is 23.6 Å². The van der Waals surface area contributed by atoms with E-state index in [0.717, 1.165) is 5.56 Å². The second-order valence-electron chi connectivity index (χ2n) is 9.40. The molecule has 0 aliphatic rings. The summed E-state index contributed by atoms with van der Waals surface area (Å²) in [5, 5.41) is 27.8. The Morgan fingerprint density at radius 3 is 1.66 bits per heavy atom. The van der Waals surface area contributed by atoms with Gasteiger partial charge in [-0.15, -0.1) is 0 Å². The van der Waals surface area contributed by atoms with Gasteiger partial charge >= 0.3 is 11.9 Å². The predicted molar refractivity (Wildman–Crippen MR) is 147 cm³/mol. The molecule has 0 aliphatic carbocycles. The average molecular weight is 570 g/mol. The third-order valence-electron chi connectivity index (χ3n) is 5.95. The molecular formula is C28H35N5O8. The number of nitrogens with two attached hydrogens (primary N) is 1. The molecule has 4 amide bonds. The van der Waals surface area contributed by atoms with Crippen LogP contribution in [0.15, 0.2) is 60.7 Å². The Bertz CT molecular complexity index is 1210. The summed E-state index contributed by atoms with van der Waals surface area (Å²) in [6.45, 7) is 0.853. The third-order valence-corrected chi connectivity index (χ3v) is 5.95. The van der Waals surface area contributed by atoms with Crippen LogP contribution < -0.4 is 27.0 Å². The van der Waals surface area contributed by atoms with Gasteiger partial charge in [-0.1, -0.05) is 60.7 Å². The van der Waals surface area contributed by atoms with Gasteiger partial charge in [0, 0.05) is 19.3 Å². The Labute approximate surface area is 236 Å². The summed E-state index contributed by atoms with van der Waals surface area (Å²) in [7, 11) is 0. The lowest BCUT2D eigenvalue weighted by Crippen LogP contribution is -2.57. The molecule has 0 radical (unpaired) electrons. The molecule has 2 aromatic rings. The maximum Gasteiger partial charge on any atom is 0.326 e. The summed E-state index contributed by atoms with van der Waals surface area (Å²) in [6.07, 6.45) is -0.638. The number of hydrogen-bond donors (Lipinski definition) is 7. The van der Waals surface area contributed by atoms with Crippen molar-refractivity contribution in [2.45, 2.75) is 56.8 Å². The summed E-state index contributed by atoms with van der Waals surface area (Å²) in [4.78, 5) is 73.3. The molecule has 220 valence electrons. The lowest BCUT2D eigenvalue weighted by atomic mass is 10.0. The van der Waals surface area contributed by atoms with E-state index in [1.54, 1.807) is 60.7 Å². The van der Waals surface area contributed by atoms with Gasteiger partial charge in [0.1, 0.15) is 18.1 Å². The minimum absolute atomic E-state index is 0.0513. The van der Waals surface area contributed by atoms with E-state index in [-0.39, 0.29) is 19.3 Å². The SMILES string of the molecule is C[C@H](N)C(=O)N[C@@H](Cc1ccccc1)C(=O)N[C@@H](Cc1ccccc1)C(=O)NCC(=O)N[C@@H](CCC(=O)O)C(=O)O. The molecule has 0 saturated carbocycles. The Morgan fingerprint density at radius 1 is 0.707 bits per heavy atom. The van der Waals surface area contributed by atoms with E-state index in [2.05, 4.69) is 21.3 Å². The van der Waals surface area contributed by atoms with E-state index in [9.17, 15) is 33.9 Å². The molecular weight excluding hydrogens is 534 g/mol. The molecule has 0 saturated heterocycles. The van der Waals surface area contributed by atoms with Crippen molar-refractivity contribution in [1.29, 1.82) is 0 Å². The van der Waals surface area contributed by atoms with Crippen LogP contribution in [-0.4, -0.2) is 76.5 Å². The second-order valence-corrected chi connectivity index (χ2v) is 9.40. The number of nitrogens with one attached hydrogen (secondary N) is 4. The summed E-state index contributed by atoms with van der Waals surface area (Å²) >= 11 is 0. The van der Waals surface area contributed by atoms with Crippen molar-refractivity contribution in [3.05, 3.63) is 71.8 Å². The molecule has 4 atom stereocenters. The summed E-state index contributed by atoms with van der Waals surface area (Å²) in [5.41, 5.74) is 7.14. The fourth-order valence-electron chi connectivity index (χ4n) is 3.75. The number of hydrogen-bond acceptors (Lipinski definition) is 7. The van der Waals surface area contributed by atoms with E-state index in [0.29, 0.717) is 5.56 Å². The van der Waals surface area contributed by atoms with Crippen LogP contribution in [0.2, 0.25) is 0 Å². The van der Waals surface area contributed by atoms with E-state index < -0.39 is 72.7 Å². The van der Waals surface area contributed by atoms with E-state index in [1.165, 1.54) is 6.92 Å². The van der Waals surface area contributed by atoms with Crippen molar-refractivity contribution in [2.75, 3.05) is 6.54 Å². The first kappa shape index (κ1) is 32.4. The molecule has 0 fully saturated rings. The highest BCUT2D eigenvalue weighted by atomic mass is 16.4. The maximum atomic E-state index is 13.4. The van der Waals surface area contributed by atoms with Crippen molar-refractivity contribution >= 4 is 35.6 Å². The summed E-state index contributed by atoms with van der Waals surface area (Å²) < 4.78 is 0. The monoisotopic (exact) mass is 569 g/mol. The Balaban J connectivity index is 2.16. The van der Waals surface area contributed by atoms with Crippen molar-refractivity contribution in [3.8, 4) is 0 Å². The van der Waals surface area contributed by atoms with Gasteiger partial charge in [-0.2, -0.15) is 0 Å². The molecule has 41 heavy (non-hydrogen) atoms. The van der Waals surface area contributed by atoms with E-state index in [1.807, 2.05) is 0 Å². The number of benzene rings is 2. The number of carbonyl (C=O) groups excluding carboxylic acids is 4. The Kier molecular flexibility index (Phi) is 12.9. The molecule has 2 aromatic carbocycles. The highest BCUT2D eigenvalue weighted by Crippen LogP contribution is 2.07. The first-order valence-corrected chi connectivity index (χ1v) is 12.9. The van der Waals surface area contributed by atoms with Gasteiger partial charge in [-0.05, 0) is 24.5 Å². The fourth-order valence-corrected chi connectivity index (χ4v) is 3.75.